The van der Waals surface area contributed by atoms with Gasteiger partial charge in [0.2, 0.25) is 0 Å². The quantitative estimate of drug-likeness (QED) is 0.833. The molecule has 2 rings (SSSR count). The molecule has 0 saturated heterocycles. The van der Waals surface area contributed by atoms with Gasteiger partial charge in [0.05, 0.1) is 7.11 Å². The molecule has 0 aliphatic carbocycles. The van der Waals surface area contributed by atoms with Crippen LogP contribution in [-0.4, -0.2) is 25.1 Å². The van der Waals surface area contributed by atoms with E-state index in [4.69, 9.17) is 10.5 Å². The molecule has 0 atom stereocenters. The summed E-state index contributed by atoms with van der Waals surface area (Å²) in [5, 5.41) is 0. The van der Waals surface area contributed by atoms with E-state index in [-0.39, 0.29) is 0 Å². The van der Waals surface area contributed by atoms with Crippen LogP contribution < -0.4 is 10.5 Å². The van der Waals surface area contributed by atoms with Crippen molar-refractivity contribution in [1.29, 1.82) is 0 Å². The van der Waals surface area contributed by atoms with E-state index >= 15 is 0 Å². The van der Waals surface area contributed by atoms with Gasteiger partial charge in [0, 0.05) is 36.2 Å². The number of nitrogens with two attached hydrogens (primary N) is 1. The lowest BCUT2D eigenvalue weighted by Gasteiger charge is -2.23. The SMILES string of the molecule is COc1ccc(Br)cc1CN(CCN)Cc1ccccc1. The van der Waals surface area contributed by atoms with Gasteiger partial charge in [-0.2, -0.15) is 0 Å². The molecule has 2 aromatic rings. The topological polar surface area (TPSA) is 38.5 Å². The first kappa shape index (κ1) is 16.0. The Morgan fingerprint density at radius 3 is 2.52 bits per heavy atom. The molecule has 0 saturated carbocycles. The fourth-order valence-electron chi connectivity index (χ4n) is 2.35. The summed E-state index contributed by atoms with van der Waals surface area (Å²) >= 11 is 3.52. The Morgan fingerprint density at radius 2 is 1.86 bits per heavy atom. The van der Waals surface area contributed by atoms with E-state index < -0.39 is 0 Å². The zero-order chi connectivity index (χ0) is 15.1. The van der Waals surface area contributed by atoms with Crippen LogP contribution in [0.2, 0.25) is 0 Å². The standard InChI is InChI=1S/C17H21BrN2O/c1-21-17-8-7-16(18)11-15(17)13-20(10-9-19)12-14-5-3-2-4-6-14/h2-8,11H,9-10,12-13,19H2,1H3. The maximum absolute atomic E-state index is 5.76. The van der Waals surface area contributed by atoms with Crippen molar-refractivity contribution in [3.63, 3.8) is 0 Å². The summed E-state index contributed by atoms with van der Waals surface area (Å²) < 4.78 is 6.51. The van der Waals surface area contributed by atoms with Gasteiger partial charge >= 0.3 is 0 Å². The number of rotatable bonds is 7. The molecule has 0 aliphatic heterocycles. The highest BCUT2D eigenvalue weighted by molar-refractivity contribution is 9.10. The first-order valence-corrected chi connectivity index (χ1v) is 7.81. The molecule has 2 N–H and O–H groups in total. The summed E-state index contributed by atoms with van der Waals surface area (Å²) in [6, 6.07) is 16.5. The highest BCUT2D eigenvalue weighted by atomic mass is 79.9. The number of hydrogen-bond donors (Lipinski definition) is 1. The molecular weight excluding hydrogens is 328 g/mol. The second-order valence-corrected chi connectivity index (χ2v) is 5.86. The van der Waals surface area contributed by atoms with E-state index in [1.54, 1.807) is 7.11 Å². The molecule has 2 aromatic carbocycles. The van der Waals surface area contributed by atoms with Crippen molar-refractivity contribution in [1.82, 2.24) is 4.90 Å². The Labute approximate surface area is 134 Å². The van der Waals surface area contributed by atoms with Crippen molar-refractivity contribution < 1.29 is 4.74 Å². The van der Waals surface area contributed by atoms with E-state index in [1.807, 2.05) is 18.2 Å². The van der Waals surface area contributed by atoms with Crippen molar-refractivity contribution >= 4 is 15.9 Å². The number of benzene rings is 2. The minimum absolute atomic E-state index is 0.642. The molecule has 0 heterocycles. The van der Waals surface area contributed by atoms with Gasteiger partial charge in [0.15, 0.2) is 0 Å². The lowest BCUT2D eigenvalue weighted by atomic mass is 10.1. The number of nitrogens with zero attached hydrogens (tertiary/aromatic N) is 1. The fourth-order valence-corrected chi connectivity index (χ4v) is 2.76. The van der Waals surface area contributed by atoms with Crippen molar-refractivity contribution in [2.75, 3.05) is 20.2 Å². The van der Waals surface area contributed by atoms with Crippen LogP contribution in [-0.2, 0) is 13.1 Å². The van der Waals surface area contributed by atoms with Crippen LogP contribution >= 0.6 is 15.9 Å². The van der Waals surface area contributed by atoms with E-state index in [2.05, 4.69) is 51.2 Å². The van der Waals surface area contributed by atoms with Crippen LogP contribution in [0.25, 0.3) is 0 Å². The Bertz CT molecular complexity index is 560. The van der Waals surface area contributed by atoms with Crippen molar-refractivity contribution in [2.45, 2.75) is 13.1 Å². The van der Waals surface area contributed by atoms with Gasteiger partial charge in [-0.15, -0.1) is 0 Å². The fraction of sp³-hybridized carbons (Fsp3) is 0.294. The van der Waals surface area contributed by atoms with Gasteiger partial charge in [-0.3, -0.25) is 4.90 Å². The van der Waals surface area contributed by atoms with Crippen LogP contribution in [0.15, 0.2) is 53.0 Å². The molecular formula is C17H21BrN2O. The Kier molecular flexibility index (Phi) is 6.23. The number of hydrogen-bond acceptors (Lipinski definition) is 3. The van der Waals surface area contributed by atoms with Crippen LogP contribution in [0, 0.1) is 0 Å². The summed E-state index contributed by atoms with van der Waals surface area (Å²) in [4.78, 5) is 2.33. The van der Waals surface area contributed by atoms with E-state index in [9.17, 15) is 0 Å². The molecule has 21 heavy (non-hydrogen) atoms. The highest BCUT2D eigenvalue weighted by Crippen LogP contribution is 2.24. The average molecular weight is 349 g/mol. The molecule has 112 valence electrons. The second-order valence-electron chi connectivity index (χ2n) is 4.94. The van der Waals surface area contributed by atoms with Crippen LogP contribution in [0.5, 0.6) is 5.75 Å². The molecule has 0 unspecified atom stereocenters. The zero-order valence-electron chi connectivity index (χ0n) is 12.3. The van der Waals surface area contributed by atoms with Gasteiger partial charge in [0.25, 0.3) is 0 Å². The largest absolute Gasteiger partial charge is 0.496 e. The third-order valence-electron chi connectivity index (χ3n) is 3.33. The smallest absolute Gasteiger partial charge is 0.123 e. The summed E-state index contributed by atoms with van der Waals surface area (Å²) in [7, 11) is 1.71. The van der Waals surface area contributed by atoms with E-state index in [0.717, 1.165) is 35.4 Å². The van der Waals surface area contributed by atoms with Gasteiger partial charge in [0.1, 0.15) is 5.75 Å². The van der Waals surface area contributed by atoms with E-state index in [0.29, 0.717) is 6.54 Å². The van der Waals surface area contributed by atoms with Crippen LogP contribution in [0.4, 0.5) is 0 Å². The Morgan fingerprint density at radius 1 is 1.10 bits per heavy atom. The Hall–Kier alpha value is -1.36. The molecule has 0 spiro atoms. The lowest BCUT2D eigenvalue weighted by molar-refractivity contribution is 0.259. The lowest BCUT2D eigenvalue weighted by Crippen LogP contribution is -2.28. The first-order valence-electron chi connectivity index (χ1n) is 7.01. The number of ether oxygens (including phenoxy) is 1. The summed E-state index contributed by atoms with van der Waals surface area (Å²) in [5.74, 6) is 0.910. The molecule has 3 nitrogen and oxygen atoms in total. The third kappa shape index (κ3) is 4.84. The third-order valence-corrected chi connectivity index (χ3v) is 3.82. The maximum Gasteiger partial charge on any atom is 0.123 e. The first-order chi connectivity index (χ1) is 10.2. The average Bonchev–Trinajstić information content (AvgIpc) is 2.49. The number of methoxy groups -OCH3 is 1. The molecule has 0 radical (unpaired) electrons. The molecule has 0 aliphatic rings. The van der Waals surface area contributed by atoms with Gasteiger partial charge in [-0.05, 0) is 23.8 Å². The number of halogens is 1. The monoisotopic (exact) mass is 348 g/mol. The van der Waals surface area contributed by atoms with Crippen molar-refractivity contribution in [3.05, 3.63) is 64.1 Å². The minimum atomic E-state index is 0.642. The summed E-state index contributed by atoms with van der Waals surface area (Å²) in [5.41, 5.74) is 8.21. The van der Waals surface area contributed by atoms with Gasteiger partial charge in [-0.1, -0.05) is 46.3 Å². The zero-order valence-corrected chi connectivity index (χ0v) is 13.8. The molecule has 0 amide bonds. The molecule has 4 heteroatoms. The second kappa shape index (κ2) is 8.17. The molecule has 0 fully saturated rings. The highest BCUT2D eigenvalue weighted by Gasteiger charge is 2.10. The van der Waals surface area contributed by atoms with Gasteiger partial charge < -0.3 is 10.5 Å². The van der Waals surface area contributed by atoms with Crippen LogP contribution in [0.1, 0.15) is 11.1 Å². The Balaban J connectivity index is 2.14. The molecule has 0 aromatic heterocycles. The maximum atomic E-state index is 5.76. The van der Waals surface area contributed by atoms with Crippen molar-refractivity contribution in [3.8, 4) is 5.75 Å². The summed E-state index contributed by atoms with van der Waals surface area (Å²) in [6.45, 7) is 3.19. The van der Waals surface area contributed by atoms with Gasteiger partial charge in [-0.25, -0.2) is 0 Å². The van der Waals surface area contributed by atoms with Crippen LogP contribution in [0.3, 0.4) is 0 Å². The van der Waals surface area contributed by atoms with Crippen molar-refractivity contribution in [2.24, 2.45) is 5.73 Å². The predicted molar refractivity (Wildman–Crippen MR) is 90.3 cm³/mol. The summed E-state index contributed by atoms with van der Waals surface area (Å²) in [6.07, 6.45) is 0. The predicted octanol–water partition coefficient (Wildman–Crippen LogP) is 3.42. The van der Waals surface area contributed by atoms with E-state index in [1.165, 1.54) is 5.56 Å². The normalized spacial score (nSPS) is 10.9. The minimum Gasteiger partial charge on any atom is -0.496 e. The molecule has 0 bridgehead atoms.